The third kappa shape index (κ3) is 3.34. The predicted molar refractivity (Wildman–Crippen MR) is 98.6 cm³/mol. The molecule has 3 rings (SSSR count). The molecule has 0 spiro atoms. The fourth-order valence-electron chi connectivity index (χ4n) is 2.67. The van der Waals surface area contributed by atoms with Crippen molar-refractivity contribution >= 4 is 34.4 Å². The molecule has 0 aliphatic carbocycles. The maximum atomic E-state index is 11.5. The number of nitrogens with zero attached hydrogens (tertiary/aromatic N) is 2. The monoisotopic (exact) mass is 356 g/mol. The molecule has 2 aromatic carbocycles. The first-order valence-corrected chi connectivity index (χ1v) is 8.26. The molecule has 1 amide bonds. The Morgan fingerprint density at radius 2 is 1.88 bits per heavy atom. The van der Waals surface area contributed by atoms with E-state index in [9.17, 15) is 4.79 Å². The maximum Gasteiger partial charge on any atom is 0.249 e. The van der Waals surface area contributed by atoms with Gasteiger partial charge in [-0.15, -0.1) is 11.6 Å². The number of amides is 1. The van der Waals surface area contributed by atoms with Crippen LogP contribution in [0.3, 0.4) is 0 Å². The number of rotatable bonds is 5. The zero-order valence-corrected chi connectivity index (χ0v) is 14.4. The summed E-state index contributed by atoms with van der Waals surface area (Å²) in [7, 11) is 0. The molecule has 7 heteroatoms. The Morgan fingerprint density at radius 1 is 1.16 bits per heavy atom. The second kappa shape index (κ2) is 6.94. The lowest BCUT2D eigenvalue weighted by atomic mass is 9.98. The van der Waals surface area contributed by atoms with Crippen molar-refractivity contribution in [3.63, 3.8) is 0 Å². The Balaban J connectivity index is 2.14. The van der Waals surface area contributed by atoms with Gasteiger partial charge in [0.1, 0.15) is 0 Å². The molecule has 0 bridgehead atoms. The largest absolute Gasteiger partial charge is 0.477 e. The summed E-state index contributed by atoms with van der Waals surface area (Å²) in [5, 5.41) is 0.764. The van der Waals surface area contributed by atoms with E-state index in [-0.39, 0.29) is 11.8 Å². The molecule has 6 nitrogen and oxygen atoms in total. The average molecular weight is 357 g/mol. The van der Waals surface area contributed by atoms with E-state index in [1.165, 1.54) is 0 Å². The van der Waals surface area contributed by atoms with Crippen molar-refractivity contribution in [3.8, 4) is 17.0 Å². The van der Waals surface area contributed by atoms with E-state index < -0.39 is 5.91 Å². The van der Waals surface area contributed by atoms with Gasteiger partial charge in [-0.25, -0.2) is 4.98 Å². The van der Waals surface area contributed by atoms with Crippen LogP contribution in [0.25, 0.3) is 22.0 Å². The molecule has 1 heterocycles. The van der Waals surface area contributed by atoms with Gasteiger partial charge in [0.05, 0.1) is 17.5 Å². The summed E-state index contributed by atoms with van der Waals surface area (Å²) in [6, 6.07) is 11.1. The predicted octanol–water partition coefficient (Wildman–Crippen LogP) is 3.12. The first-order chi connectivity index (χ1) is 12.0. The second-order valence-electron chi connectivity index (χ2n) is 5.42. The number of hydrogen-bond donors (Lipinski definition) is 2. The lowest BCUT2D eigenvalue weighted by Gasteiger charge is -2.11. The number of benzene rings is 2. The molecule has 25 heavy (non-hydrogen) atoms. The van der Waals surface area contributed by atoms with E-state index in [4.69, 9.17) is 27.8 Å². The summed E-state index contributed by atoms with van der Waals surface area (Å²) in [6.07, 6.45) is 0. The topological polar surface area (TPSA) is 104 Å². The van der Waals surface area contributed by atoms with Crippen LogP contribution in [-0.4, -0.2) is 22.5 Å². The number of ether oxygens (including phenoxy) is 1. The van der Waals surface area contributed by atoms with Crippen LogP contribution in [-0.2, 0) is 5.88 Å². The Bertz CT molecular complexity index is 959. The van der Waals surface area contributed by atoms with E-state index in [1.807, 2.05) is 37.3 Å². The summed E-state index contributed by atoms with van der Waals surface area (Å²) in [6.45, 7) is 2.35. The number of hydrogen-bond acceptors (Lipinski definition) is 5. The summed E-state index contributed by atoms with van der Waals surface area (Å²) in [5.41, 5.74) is 14.7. The van der Waals surface area contributed by atoms with Crippen LogP contribution in [0.5, 0.6) is 5.88 Å². The number of carbonyl (C=O) groups excluding carboxylic acids is 1. The van der Waals surface area contributed by atoms with Gasteiger partial charge in [0.2, 0.25) is 17.7 Å². The van der Waals surface area contributed by atoms with Crippen LogP contribution in [0, 0.1) is 0 Å². The SMILES string of the molecule is CCOc1nc(N)nc2ccc(-c3ccc(C(N)=O)c(CCl)c3)cc12. The third-order valence-electron chi connectivity index (χ3n) is 3.81. The number of alkyl halides is 1. The van der Waals surface area contributed by atoms with Crippen molar-refractivity contribution in [3.05, 3.63) is 47.5 Å². The highest BCUT2D eigenvalue weighted by Gasteiger charge is 2.12. The van der Waals surface area contributed by atoms with Crippen LogP contribution in [0.4, 0.5) is 5.95 Å². The fraction of sp³-hybridized carbons (Fsp3) is 0.167. The van der Waals surface area contributed by atoms with Crippen LogP contribution < -0.4 is 16.2 Å². The van der Waals surface area contributed by atoms with Gasteiger partial charge in [-0.2, -0.15) is 4.98 Å². The fourth-order valence-corrected chi connectivity index (χ4v) is 2.89. The first kappa shape index (κ1) is 17.0. The molecule has 128 valence electrons. The third-order valence-corrected chi connectivity index (χ3v) is 4.10. The minimum atomic E-state index is -0.497. The van der Waals surface area contributed by atoms with Crippen LogP contribution in [0.1, 0.15) is 22.8 Å². The molecule has 0 unspecified atom stereocenters. The van der Waals surface area contributed by atoms with Crippen molar-refractivity contribution in [2.24, 2.45) is 5.73 Å². The molecule has 0 radical (unpaired) electrons. The first-order valence-electron chi connectivity index (χ1n) is 7.72. The molecule has 0 fully saturated rings. The standard InChI is InChI=1S/C18H17ClN4O2/c1-2-25-17-14-8-11(4-6-15(14)22-18(21)23-17)10-3-5-13(16(20)24)12(7-10)9-19/h3-8H,2,9H2,1H3,(H2,20,24)(H2,21,22,23). The molecule has 3 aromatic rings. The summed E-state index contributed by atoms with van der Waals surface area (Å²) in [5.74, 6) is 0.309. The van der Waals surface area contributed by atoms with Crippen molar-refractivity contribution < 1.29 is 9.53 Å². The molecule has 4 N–H and O–H groups in total. The van der Waals surface area contributed by atoms with E-state index in [1.54, 1.807) is 6.07 Å². The zero-order valence-electron chi connectivity index (χ0n) is 13.6. The molecule has 0 aliphatic rings. The minimum absolute atomic E-state index is 0.166. The lowest BCUT2D eigenvalue weighted by molar-refractivity contribution is 0.0999. The van der Waals surface area contributed by atoms with E-state index in [0.717, 1.165) is 16.5 Å². The molecule has 0 saturated heterocycles. The smallest absolute Gasteiger partial charge is 0.249 e. The summed E-state index contributed by atoms with van der Waals surface area (Å²) >= 11 is 5.95. The molecule has 0 saturated carbocycles. The van der Waals surface area contributed by atoms with Crippen LogP contribution in [0.2, 0.25) is 0 Å². The molecule has 1 aromatic heterocycles. The minimum Gasteiger partial charge on any atom is -0.477 e. The van der Waals surface area contributed by atoms with Gasteiger partial charge >= 0.3 is 0 Å². The van der Waals surface area contributed by atoms with E-state index >= 15 is 0 Å². The molecule has 0 atom stereocenters. The number of carbonyl (C=O) groups is 1. The Labute approximate surface area is 149 Å². The second-order valence-corrected chi connectivity index (χ2v) is 5.69. The quantitative estimate of drug-likeness (QED) is 0.683. The van der Waals surface area contributed by atoms with Gasteiger partial charge in [-0.3, -0.25) is 4.79 Å². The maximum absolute atomic E-state index is 11.5. The number of halogens is 1. The number of anilines is 1. The van der Waals surface area contributed by atoms with E-state index in [2.05, 4.69) is 9.97 Å². The zero-order chi connectivity index (χ0) is 18.0. The Kier molecular flexibility index (Phi) is 4.72. The lowest BCUT2D eigenvalue weighted by Crippen LogP contribution is -2.13. The number of nitrogen functional groups attached to an aromatic ring is 1. The van der Waals surface area contributed by atoms with Gasteiger partial charge in [0.15, 0.2) is 0 Å². The van der Waals surface area contributed by atoms with Crippen molar-refractivity contribution in [1.29, 1.82) is 0 Å². The normalized spacial score (nSPS) is 10.8. The van der Waals surface area contributed by atoms with Gasteiger partial charge in [-0.05, 0) is 47.9 Å². The van der Waals surface area contributed by atoms with Crippen molar-refractivity contribution in [2.75, 3.05) is 12.3 Å². The van der Waals surface area contributed by atoms with Gasteiger partial charge < -0.3 is 16.2 Å². The van der Waals surface area contributed by atoms with Crippen molar-refractivity contribution in [2.45, 2.75) is 12.8 Å². The van der Waals surface area contributed by atoms with Gasteiger partial charge in [0, 0.05) is 11.4 Å². The Morgan fingerprint density at radius 3 is 2.56 bits per heavy atom. The highest BCUT2D eigenvalue weighted by Crippen LogP contribution is 2.30. The van der Waals surface area contributed by atoms with E-state index in [0.29, 0.717) is 29.1 Å². The highest BCUT2D eigenvalue weighted by atomic mass is 35.5. The average Bonchev–Trinajstić information content (AvgIpc) is 2.61. The number of primary amides is 1. The van der Waals surface area contributed by atoms with Crippen LogP contribution >= 0.6 is 11.6 Å². The van der Waals surface area contributed by atoms with Crippen LogP contribution in [0.15, 0.2) is 36.4 Å². The number of fused-ring (bicyclic) bond motifs is 1. The van der Waals surface area contributed by atoms with Crippen molar-refractivity contribution in [1.82, 2.24) is 9.97 Å². The summed E-state index contributed by atoms with van der Waals surface area (Å²) < 4.78 is 5.57. The van der Waals surface area contributed by atoms with Gasteiger partial charge in [0.25, 0.3) is 0 Å². The number of aromatic nitrogens is 2. The molecule has 0 aliphatic heterocycles. The molecular weight excluding hydrogens is 340 g/mol. The molecular formula is C18H17ClN4O2. The van der Waals surface area contributed by atoms with Gasteiger partial charge in [-0.1, -0.05) is 12.1 Å². The summed E-state index contributed by atoms with van der Waals surface area (Å²) in [4.78, 5) is 19.9. The Hall–Kier alpha value is -2.86. The number of nitrogens with two attached hydrogens (primary N) is 2. The highest BCUT2D eigenvalue weighted by molar-refractivity contribution is 6.17.